The molecule has 3 rings (SSSR count). The van der Waals surface area contributed by atoms with Crippen molar-refractivity contribution in [2.75, 3.05) is 17.7 Å². The molecule has 42 heavy (non-hydrogen) atoms. The van der Waals surface area contributed by atoms with Gasteiger partial charge in [-0.05, 0) is 51.5 Å². The number of nitrogen functional groups attached to an aromatic ring is 1. The minimum atomic E-state index is -1.18. The smallest absolute Gasteiger partial charge is 0.335 e. The molecular formula is C28H38N7O6P. The molecule has 1 amide bonds. The fourth-order valence-corrected chi connectivity index (χ4v) is 3.42. The van der Waals surface area contributed by atoms with E-state index in [0.717, 1.165) is 5.56 Å². The van der Waals surface area contributed by atoms with Gasteiger partial charge in [-0.1, -0.05) is 36.1 Å². The molecule has 0 aliphatic rings. The molecule has 14 heteroatoms. The van der Waals surface area contributed by atoms with Gasteiger partial charge in [0.25, 0.3) is 5.56 Å². The van der Waals surface area contributed by atoms with Crippen LogP contribution in [0.15, 0.2) is 58.6 Å². The molecule has 1 unspecified atom stereocenters. The maximum Gasteiger partial charge on any atom is 0.335 e. The van der Waals surface area contributed by atoms with Gasteiger partial charge in [-0.25, -0.2) is 9.78 Å². The maximum absolute atomic E-state index is 13.2. The Labute approximate surface area is 246 Å². The number of rotatable bonds is 9. The van der Waals surface area contributed by atoms with E-state index in [1.165, 1.54) is 42.8 Å². The zero-order valence-corrected chi connectivity index (χ0v) is 25.4. The summed E-state index contributed by atoms with van der Waals surface area (Å²) in [5, 5.41) is 26.8. The van der Waals surface area contributed by atoms with Crippen LogP contribution >= 0.6 is 9.24 Å². The second kappa shape index (κ2) is 17.1. The Balaban J connectivity index is 0.00000135. The maximum atomic E-state index is 13.2. The molecule has 1 heterocycles. The molecular weight excluding hydrogens is 561 g/mol. The van der Waals surface area contributed by atoms with Gasteiger partial charge < -0.3 is 37.2 Å². The molecule has 1 atom stereocenters. The molecule has 8 N–H and O–H groups in total. The number of hydrogen-bond donors (Lipinski definition) is 6. The quantitative estimate of drug-likeness (QED) is 0.0527. The molecule has 0 radical (unpaired) electrons. The monoisotopic (exact) mass is 599 g/mol. The summed E-state index contributed by atoms with van der Waals surface area (Å²) in [6.45, 7) is 8.48. The van der Waals surface area contributed by atoms with E-state index in [1.807, 2.05) is 20.5 Å². The van der Waals surface area contributed by atoms with E-state index in [0.29, 0.717) is 11.1 Å². The number of carbonyl (C=O) groups excluding carboxylic acids is 2. The third-order valence-electron chi connectivity index (χ3n) is 5.13. The lowest BCUT2D eigenvalue weighted by Gasteiger charge is -2.16. The van der Waals surface area contributed by atoms with Crippen molar-refractivity contribution in [3.8, 4) is 11.3 Å². The number of benzene rings is 2. The summed E-state index contributed by atoms with van der Waals surface area (Å²) in [5.74, 6) is -1.45. The number of aromatic carboxylic acids is 1. The summed E-state index contributed by atoms with van der Waals surface area (Å²) < 4.78 is 1.22. The molecule has 0 spiro atoms. The van der Waals surface area contributed by atoms with Crippen LogP contribution in [0.3, 0.4) is 0 Å². The predicted octanol–water partition coefficient (Wildman–Crippen LogP) is 2.51. The number of nitrogens with zero attached hydrogens (tertiary/aromatic N) is 3. The number of aromatic nitrogens is 2. The number of Topliss-reactive ketones (excluding diaryl/α,β-unsaturated/α-hetero) is 1. The Bertz CT molecular complexity index is 1470. The van der Waals surface area contributed by atoms with Crippen LogP contribution < -0.4 is 27.7 Å². The highest BCUT2D eigenvalue weighted by Crippen LogP contribution is 2.23. The first-order valence-corrected chi connectivity index (χ1v) is 13.9. The number of hydrogen-bond acceptors (Lipinski definition) is 9. The molecule has 0 saturated heterocycles. The largest absolute Gasteiger partial charge is 0.478 e. The molecule has 13 nitrogen and oxygen atoms in total. The van der Waals surface area contributed by atoms with E-state index >= 15 is 0 Å². The van der Waals surface area contributed by atoms with Crippen LogP contribution in [0.5, 0.6) is 0 Å². The van der Waals surface area contributed by atoms with Crippen LogP contribution in [0.1, 0.15) is 49.2 Å². The number of amides is 1. The van der Waals surface area contributed by atoms with Crippen molar-refractivity contribution in [1.29, 1.82) is 0 Å². The van der Waals surface area contributed by atoms with Gasteiger partial charge in [-0.2, -0.15) is 0 Å². The van der Waals surface area contributed by atoms with E-state index in [-0.39, 0.29) is 53.5 Å². The Morgan fingerprint density at radius 3 is 2.19 bits per heavy atom. The molecule has 0 bridgehead atoms. The van der Waals surface area contributed by atoms with Crippen molar-refractivity contribution in [3.63, 3.8) is 0 Å². The van der Waals surface area contributed by atoms with Crippen LogP contribution in [-0.2, 0) is 22.7 Å². The Morgan fingerprint density at radius 2 is 1.67 bits per heavy atom. The number of carbonyl (C=O) groups is 3. The van der Waals surface area contributed by atoms with Crippen molar-refractivity contribution >= 4 is 44.2 Å². The lowest BCUT2D eigenvalue weighted by molar-refractivity contribution is -0.121. The molecule has 0 fully saturated rings. The summed E-state index contributed by atoms with van der Waals surface area (Å²) >= 11 is 0. The zero-order valence-electron chi connectivity index (χ0n) is 24.2. The van der Waals surface area contributed by atoms with Gasteiger partial charge in [0.1, 0.15) is 12.3 Å². The number of carboxylic acid groups (broad SMARTS) is 1. The standard InChI is InChI=1S/C24H27N7O5.C3H6O.CH5P/c1-13(2)29-22-23(33)31(19(11-28-22)16-7-17(24(34)35)9-18(25)8-16)12-20(32)27-10-14-3-5-15(6-4-14)21(26)30-36;1-3(2)4;1-2/h3-9,11,13,36H,10,12,25H2,1-2H3,(H2,26,30)(H,27,32)(H,28,29)(H,34,35);1-2H3;2H2,1H3. The van der Waals surface area contributed by atoms with E-state index in [1.54, 1.807) is 24.3 Å². The van der Waals surface area contributed by atoms with E-state index in [9.17, 15) is 24.3 Å². The lowest BCUT2D eigenvalue weighted by atomic mass is 10.1. The van der Waals surface area contributed by atoms with E-state index < -0.39 is 17.4 Å². The van der Waals surface area contributed by atoms with Gasteiger partial charge in [-0.15, -0.1) is 9.24 Å². The zero-order chi connectivity index (χ0) is 32.0. The molecule has 1 aromatic heterocycles. The summed E-state index contributed by atoms with van der Waals surface area (Å²) in [4.78, 5) is 51.2. The number of nitrogens with two attached hydrogens (primary N) is 2. The molecule has 3 aromatic rings. The van der Waals surface area contributed by atoms with Crippen LogP contribution in [0.4, 0.5) is 11.5 Å². The number of ketones is 1. The van der Waals surface area contributed by atoms with Gasteiger partial charge in [-0.3, -0.25) is 14.2 Å². The topological polar surface area (TPSA) is 215 Å². The number of nitrogens with one attached hydrogen (secondary N) is 2. The minimum Gasteiger partial charge on any atom is -0.478 e. The van der Waals surface area contributed by atoms with Crippen molar-refractivity contribution in [2.45, 2.75) is 46.8 Å². The van der Waals surface area contributed by atoms with E-state index in [4.69, 9.17) is 16.7 Å². The Morgan fingerprint density at radius 1 is 1.07 bits per heavy atom. The lowest BCUT2D eigenvalue weighted by Crippen LogP contribution is -2.35. The number of anilines is 2. The van der Waals surface area contributed by atoms with Gasteiger partial charge in [0.15, 0.2) is 11.7 Å². The second-order valence-corrected chi connectivity index (χ2v) is 9.20. The van der Waals surface area contributed by atoms with Crippen molar-refractivity contribution in [3.05, 3.63) is 75.7 Å². The third-order valence-corrected chi connectivity index (χ3v) is 5.13. The minimum absolute atomic E-state index is 0.0337. The fourth-order valence-electron chi connectivity index (χ4n) is 3.42. The summed E-state index contributed by atoms with van der Waals surface area (Å²) in [5.41, 5.74) is 12.9. The number of amidine groups is 1. The highest BCUT2D eigenvalue weighted by atomic mass is 31.0. The number of carboxylic acids is 1. The molecule has 226 valence electrons. The first-order valence-electron chi connectivity index (χ1n) is 12.7. The highest BCUT2D eigenvalue weighted by molar-refractivity contribution is 7.15. The van der Waals surface area contributed by atoms with Crippen molar-refractivity contribution in [1.82, 2.24) is 14.9 Å². The van der Waals surface area contributed by atoms with Crippen LogP contribution in [0, 0.1) is 0 Å². The van der Waals surface area contributed by atoms with E-state index in [2.05, 4.69) is 30.0 Å². The highest BCUT2D eigenvalue weighted by Gasteiger charge is 2.17. The first kappa shape index (κ1) is 35.3. The summed E-state index contributed by atoms with van der Waals surface area (Å²) in [7, 11) is 2.42. The van der Waals surface area contributed by atoms with Gasteiger partial charge in [0, 0.05) is 29.4 Å². The van der Waals surface area contributed by atoms with Crippen molar-refractivity contribution < 1.29 is 24.7 Å². The average Bonchev–Trinajstić information content (AvgIpc) is 2.94. The van der Waals surface area contributed by atoms with Crippen molar-refractivity contribution in [2.24, 2.45) is 10.9 Å². The first-order chi connectivity index (χ1) is 19.8. The molecule has 0 aliphatic heterocycles. The summed E-state index contributed by atoms with van der Waals surface area (Å²) in [6.07, 6.45) is 1.39. The SMILES string of the molecule is CC(C)=O.CC(C)Nc1ncc(-c2cc(N)cc(C(=O)O)c2)n(CC(=O)NCc2ccc(/C(N)=N/O)cc2)c1=O.CP. The van der Waals surface area contributed by atoms with Crippen LogP contribution in [-0.4, -0.2) is 56.1 Å². The molecule has 0 saturated carbocycles. The van der Waals surface area contributed by atoms with Gasteiger partial charge in [0.05, 0.1) is 17.5 Å². The summed E-state index contributed by atoms with van der Waals surface area (Å²) in [6, 6.07) is 10.8. The normalized spacial score (nSPS) is 10.5. The number of oxime groups is 1. The predicted molar refractivity (Wildman–Crippen MR) is 167 cm³/mol. The third kappa shape index (κ3) is 11.0. The van der Waals surface area contributed by atoms with Gasteiger partial charge >= 0.3 is 5.97 Å². The van der Waals surface area contributed by atoms with Gasteiger partial charge in [0.2, 0.25) is 5.91 Å². The Hall–Kier alpha value is -4.77. The Kier molecular flexibility index (Phi) is 14.4. The van der Waals surface area contributed by atoms with Crippen LogP contribution in [0.2, 0.25) is 0 Å². The fraction of sp³-hybridized carbons (Fsp3) is 0.286. The molecule has 0 aliphatic carbocycles. The second-order valence-electron chi connectivity index (χ2n) is 9.20. The van der Waals surface area contributed by atoms with Crippen LogP contribution in [0.25, 0.3) is 11.3 Å². The average molecular weight is 600 g/mol. The molecule has 2 aromatic carbocycles.